The number of hydrogen-bond acceptors (Lipinski definition) is 5. The second-order valence-electron chi connectivity index (χ2n) is 7.86. The van der Waals surface area contributed by atoms with Gasteiger partial charge in [-0.15, -0.1) is 0 Å². The molecule has 2 N–H and O–H groups in total. The number of nitrogens with zero attached hydrogens (tertiary/aromatic N) is 2. The Morgan fingerprint density at radius 1 is 1.27 bits per heavy atom. The van der Waals surface area contributed by atoms with Gasteiger partial charge in [0, 0.05) is 49.8 Å². The number of carbonyl (C=O) groups excluding carboxylic acids is 1. The molecular formula is C18H25F2N3O3. The third-order valence-corrected chi connectivity index (χ3v) is 4.69. The molecule has 26 heavy (non-hydrogen) atoms. The van der Waals surface area contributed by atoms with Crippen molar-refractivity contribution >= 4 is 17.5 Å². The molecule has 144 valence electrons. The van der Waals surface area contributed by atoms with E-state index in [0.717, 1.165) is 0 Å². The fourth-order valence-electron chi connectivity index (χ4n) is 3.57. The molecule has 2 fully saturated rings. The lowest BCUT2D eigenvalue weighted by Gasteiger charge is -2.26. The summed E-state index contributed by atoms with van der Waals surface area (Å²) in [7, 11) is 0. The molecule has 6 nitrogen and oxygen atoms in total. The van der Waals surface area contributed by atoms with Crippen LogP contribution in [0.4, 0.5) is 25.0 Å². The van der Waals surface area contributed by atoms with Crippen LogP contribution in [0.5, 0.6) is 5.75 Å². The number of fused-ring (bicyclic) bond motifs is 1. The molecule has 1 amide bonds. The Hall–Kier alpha value is -2.25. The lowest BCUT2D eigenvalue weighted by Crippen LogP contribution is -2.37. The van der Waals surface area contributed by atoms with Gasteiger partial charge in [-0.05, 0) is 32.9 Å². The molecule has 3 rings (SSSR count). The van der Waals surface area contributed by atoms with Crippen molar-refractivity contribution in [3.8, 4) is 5.75 Å². The molecule has 2 saturated heterocycles. The molecule has 0 saturated carbocycles. The van der Waals surface area contributed by atoms with Gasteiger partial charge in [-0.1, -0.05) is 0 Å². The van der Waals surface area contributed by atoms with E-state index in [2.05, 4.69) is 9.64 Å². The second kappa shape index (κ2) is 6.81. The van der Waals surface area contributed by atoms with Gasteiger partial charge in [-0.25, -0.2) is 4.79 Å². The average molecular weight is 370 g/mol. The number of halogens is 2. The van der Waals surface area contributed by atoms with Crippen LogP contribution in [0.2, 0.25) is 0 Å². The van der Waals surface area contributed by atoms with Gasteiger partial charge in [-0.3, -0.25) is 0 Å². The van der Waals surface area contributed by atoms with Crippen molar-refractivity contribution in [3.63, 3.8) is 0 Å². The highest BCUT2D eigenvalue weighted by Crippen LogP contribution is 2.37. The Morgan fingerprint density at radius 3 is 2.42 bits per heavy atom. The Labute approximate surface area is 153 Å². The average Bonchev–Trinajstić information content (AvgIpc) is 3.05. The van der Waals surface area contributed by atoms with Gasteiger partial charge < -0.3 is 25.0 Å². The molecule has 2 atom stereocenters. The normalized spacial score (nSPS) is 23.7. The van der Waals surface area contributed by atoms with E-state index in [0.29, 0.717) is 31.9 Å². The van der Waals surface area contributed by atoms with Crippen molar-refractivity contribution < 1.29 is 24.4 Å². The predicted octanol–water partition coefficient (Wildman–Crippen LogP) is 3.17. The summed E-state index contributed by atoms with van der Waals surface area (Å²) in [6, 6.07) is 4.68. The highest BCUT2D eigenvalue weighted by molar-refractivity contribution is 5.69. The fraction of sp³-hybridized carbons (Fsp3) is 0.611. The first-order valence-corrected chi connectivity index (χ1v) is 8.60. The SMILES string of the molecule is [2H]C(F)(F)Oc1cc(N2C[C@H]3CN(C(=O)OC(C)(C)C)C[C@H]3C2)ccc1N. The topological polar surface area (TPSA) is 68.0 Å². The van der Waals surface area contributed by atoms with Crippen LogP contribution in [-0.2, 0) is 4.74 Å². The molecule has 0 aromatic heterocycles. The minimum atomic E-state index is -4.04. The van der Waals surface area contributed by atoms with Crippen LogP contribution >= 0.6 is 0 Å². The predicted molar refractivity (Wildman–Crippen MR) is 94.5 cm³/mol. The third kappa shape index (κ3) is 4.11. The number of nitrogen functional groups attached to an aromatic ring is 1. The first-order valence-electron chi connectivity index (χ1n) is 9.10. The highest BCUT2D eigenvalue weighted by atomic mass is 19.3. The van der Waals surface area contributed by atoms with Crippen molar-refractivity contribution in [2.24, 2.45) is 11.8 Å². The van der Waals surface area contributed by atoms with Crippen molar-refractivity contribution in [1.82, 2.24) is 4.90 Å². The molecule has 8 heteroatoms. The maximum atomic E-state index is 12.8. The number of amides is 1. The third-order valence-electron chi connectivity index (χ3n) is 4.69. The molecule has 0 unspecified atom stereocenters. The quantitative estimate of drug-likeness (QED) is 0.828. The minimum absolute atomic E-state index is 0.0566. The summed E-state index contributed by atoms with van der Waals surface area (Å²) in [5, 5.41) is 0. The summed E-state index contributed by atoms with van der Waals surface area (Å²) in [6.07, 6.45) is -0.302. The molecule has 0 spiro atoms. The number of ether oxygens (including phenoxy) is 2. The molecule has 2 heterocycles. The zero-order valence-corrected chi connectivity index (χ0v) is 15.2. The van der Waals surface area contributed by atoms with Crippen molar-refractivity contribution in [1.29, 1.82) is 0 Å². The Bertz CT molecular complexity index is 707. The fourth-order valence-corrected chi connectivity index (χ4v) is 3.57. The van der Waals surface area contributed by atoms with Gasteiger partial charge in [0.25, 0.3) is 0 Å². The number of anilines is 2. The van der Waals surface area contributed by atoms with Gasteiger partial charge in [-0.2, -0.15) is 8.78 Å². The maximum Gasteiger partial charge on any atom is 0.410 e. The van der Waals surface area contributed by atoms with E-state index >= 15 is 0 Å². The first kappa shape index (κ1) is 17.2. The van der Waals surface area contributed by atoms with Crippen LogP contribution < -0.4 is 15.4 Å². The van der Waals surface area contributed by atoms with E-state index in [1.807, 2.05) is 20.8 Å². The van der Waals surface area contributed by atoms with Crippen molar-refractivity contribution in [3.05, 3.63) is 18.2 Å². The van der Waals surface area contributed by atoms with E-state index in [9.17, 15) is 13.6 Å². The smallest absolute Gasteiger partial charge is 0.410 e. The summed E-state index contributed by atoms with van der Waals surface area (Å²) in [4.78, 5) is 16.0. The van der Waals surface area contributed by atoms with Crippen molar-refractivity contribution in [2.45, 2.75) is 33.0 Å². The van der Waals surface area contributed by atoms with Crippen LogP contribution in [0.1, 0.15) is 22.1 Å². The van der Waals surface area contributed by atoms with Crippen LogP contribution in [0.25, 0.3) is 0 Å². The number of hydrogen-bond donors (Lipinski definition) is 1. The minimum Gasteiger partial charge on any atom is -0.444 e. The number of rotatable bonds is 3. The summed E-state index contributed by atoms with van der Waals surface area (Å²) in [5.41, 5.74) is 5.91. The van der Waals surface area contributed by atoms with Crippen LogP contribution in [-0.4, -0.2) is 49.4 Å². The van der Waals surface area contributed by atoms with E-state index < -0.39 is 12.2 Å². The number of alkyl halides is 2. The van der Waals surface area contributed by atoms with Gasteiger partial charge >= 0.3 is 12.7 Å². The standard InChI is InChI=1S/C18H25F2N3O3/c1-18(2,3)26-17(24)23-9-11-7-22(8-12(11)10-23)13-4-5-14(21)15(6-13)25-16(19)20/h4-6,11-12,16H,7-10,21H2,1-3H3/t11-,12+/i16D. The van der Waals surface area contributed by atoms with Crippen LogP contribution in [0, 0.1) is 11.8 Å². The summed E-state index contributed by atoms with van der Waals surface area (Å²) >= 11 is 0. The number of likely N-dealkylation sites (tertiary alicyclic amines) is 1. The Morgan fingerprint density at radius 2 is 1.88 bits per heavy atom. The lowest BCUT2D eigenvalue weighted by molar-refractivity contribution is -0.0493. The molecule has 0 radical (unpaired) electrons. The van der Waals surface area contributed by atoms with Crippen LogP contribution in [0.15, 0.2) is 18.2 Å². The first-order chi connectivity index (χ1) is 12.4. The highest BCUT2D eigenvalue weighted by Gasteiger charge is 2.42. The number of nitrogens with two attached hydrogens (primary N) is 1. The number of benzene rings is 1. The Balaban J connectivity index is 1.64. The molecular weight excluding hydrogens is 344 g/mol. The van der Waals surface area contributed by atoms with Crippen LogP contribution in [0.3, 0.4) is 0 Å². The van der Waals surface area contributed by atoms with Gasteiger partial charge in [0.15, 0.2) is 7.12 Å². The number of carbonyl (C=O) groups is 1. The van der Waals surface area contributed by atoms with E-state index in [-0.39, 0.29) is 29.4 Å². The Kier molecular flexibility index (Phi) is 4.50. The lowest BCUT2D eigenvalue weighted by atomic mass is 10.0. The molecule has 0 bridgehead atoms. The van der Waals surface area contributed by atoms with E-state index in [1.165, 1.54) is 12.1 Å². The summed E-state index contributed by atoms with van der Waals surface area (Å²) in [5.74, 6) is 0.369. The second-order valence-corrected chi connectivity index (χ2v) is 7.86. The molecule has 1 aromatic carbocycles. The van der Waals surface area contributed by atoms with Crippen molar-refractivity contribution in [2.75, 3.05) is 36.8 Å². The molecule has 2 aliphatic rings. The zero-order valence-electron chi connectivity index (χ0n) is 16.2. The van der Waals surface area contributed by atoms with Gasteiger partial charge in [0.2, 0.25) is 0 Å². The largest absolute Gasteiger partial charge is 0.444 e. The monoisotopic (exact) mass is 370 g/mol. The zero-order chi connectivity index (χ0) is 20.0. The van der Waals surface area contributed by atoms with E-state index in [1.54, 1.807) is 11.0 Å². The molecule has 1 aromatic rings. The summed E-state index contributed by atoms with van der Waals surface area (Å²) in [6.45, 7) is 4.09. The van der Waals surface area contributed by atoms with E-state index in [4.69, 9.17) is 11.8 Å². The van der Waals surface area contributed by atoms with Gasteiger partial charge in [0.1, 0.15) is 5.60 Å². The molecule has 2 aliphatic heterocycles. The maximum absolute atomic E-state index is 12.8. The molecule has 0 aliphatic carbocycles. The van der Waals surface area contributed by atoms with Gasteiger partial charge in [0.05, 0.1) is 5.69 Å². The summed E-state index contributed by atoms with van der Waals surface area (Å²) < 4.78 is 42.1.